The van der Waals surface area contributed by atoms with Crippen molar-refractivity contribution in [2.75, 3.05) is 12.5 Å². The van der Waals surface area contributed by atoms with Crippen LogP contribution in [0, 0.1) is 6.92 Å². The Morgan fingerprint density at radius 2 is 2.19 bits per heavy atom. The molecule has 134 valence electrons. The van der Waals surface area contributed by atoms with E-state index >= 15 is 0 Å². The predicted octanol–water partition coefficient (Wildman–Crippen LogP) is 0.992. The van der Waals surface area contributed by atoms with Crippen LogP contribution in [0.4, 0.5) is 0 Å². The lowest BCUT2D eigenvalue weighted by Gasteiger charge is -2.05. The van der Waals surface area contributed by atoms with Crippen molar-refractivity contribution in [2.24, 2.45) is 0 Å². The predicted molar refractivity (Wildman–Crippen MR) is 94.8 cm³/mol. The molecule has 0 fully saturated rings. The number of ether oxygens (including phenoxy) is 2. The molecule has 1 aliphatic heterocycles. The van der Waals surface area contributed by atoms with Crippen LogP contribution < -0.4 is 20.3 Å². The summed E-state index contributed by atoms with van der Waals surface area (Å²) in [5.41, 5.74) is 0.904. The maximum atomic E-state index is 12.1. The van der Waals surface area contributed by atoms with Crippen molar-refractivity contribution in [3.8, 4) is 11.5 Å². The van der Waals surface area contributed by atoms with E-state index in [4.69, 9.17) is 9.47 Å². The van der Waals surface area contributed by atoms with Gasteiger partial charge in [-0.1, -0.05) is 29.2 Å². The Balaban J connectivity index is 1.34. The zero-order valence-corrected chi connectivity index (χ0v) is 15.2. The van der Waals surface area contributed by atoms with E-state index < -0.39 is 0 Å². The molecule has 0 radical (unpaired) electrons. The van der Waals surface area contributed by atoms with Crippen LogP contribution in [0.5, 0.6) is 11.5 Å². The molecule has 26 heavy (non-hydrogen) atoms. The van der Waals surface area contributed by atoms with Gasteiger partial charge in [-0.05, 0) is 24.6 Å². The number of aryl methyl sites for hydroxylation is 1. The average molecular weight is 391 g/mol. The minimum Gasteiger partial charge on any atom is -0.454 e. The Kier molecular flexibility index (Phi) is 4.47. The molecule has 11 heteroatoms. The number of carbonyl (C=O) groups is 1. The maximum absolute atomic E-state index is 12.1. The summed E-state index contributed by atoms with van der Waals surface area (Å²) < 4.78 is 12.4. The van der Waals surface area contributed by atoms with Crippen molar-refractivity contribution in [1.82, 2.24) is 25.1 Å². The molecule has 2 aromatic heterocycles. The molecule has 0 spiro atoms. The normalized spacial score (nSPS) is 12.5. The molecule has 3 aromatic rings. The van der Waals surface area contributed by atoms with Gasteiger partial charge in [0.2, 0.25) is 17.7 Å². The molecule has 3 heterocycles. The molecule has 0 saturated carbocycles. The summed E-state index contributed by atoms with van der Waals surface area (Å²) in [6.07, 6.45) is 0. The van der Waals surface area contributed by atoms with Crippen LogP contribution in [-0.2, 0) is 11.3 Å². The first-order chi connectivity index (χ1) is 12.6. The topological polar surface area (TPSA) is 108 Å². The molecule has 0 bridgehead atoms. The molecule has 1 N–H and O–H groups in total. The second-order valence-corrected chi connectivity index (χ2v) is 7.58. The van der Waals surface area contributed by atoms with Gasteiger partial charge in [0.1, 0.15) is 5.69 Å². The molecule has 0 unspecified atom stereocenters. The highest BCUT2D eigenvalue weighted by Gasteiger charge is 2.14. The van der Waals surface area contributed by atoms with Gasteiger partial charge in [0.15, 0.2) is 15.8 Å². The fourth-order valence-corrected chi connectivity index (χ4v) is 3.97. The van der Waals surface area contributed by atoms with Crippen LogP contribution in [0.25, 0.3) is 4.96 Å². The number of rotatable bonds is 5. The van der Waals surface area contributed by atoms with E-state index in [0.717, 1.165) is 5.56 Å². The maximum Gasteiger partial charge on any atom is 0.296 e. The summed E-state index contributed by atoms with van der Waals surface area (Å²) in [4.78, 5) is 24.4. The zero-order chi connectivity index (χ0) is 18.1. The fourth-order valence-electron chi connectivity index (χ4n) is 2.26. The number of nitrogens with one attached hydrogen (secondary N) is 1. The lowest BCUT2D eigenvalue weighted by Crippen LogP contribution is -2.24. The van der Waals surface area contributed by atoms with Crippen molar-refractivity contribution in [2.45, 2.75) is 17.8 Å². The number of amides is 1. The third-order valence-corrected chi connectivity index (χ3v) is 5.61. The van der Waals surface area contributed by atoms with Gasteiger partial charge < -0.3 is 14.8 Å². The van der Waals surface area contributed by atoms with Crippen molar-refractivity contribution in [3.05, 3.63) is 39.8 Å². The van der Waals surface area contributed by atoms with E-state index in [2.05, 4.69) is 20.6 Å². The number of carbonyl (C=O) groups excluding carboxylic acids is 1. The van der Waals surface area contributed by atoms with Crippen molar-refractivity contribution < 1.29 is 14.3 Å². The number of nitrogens with zero attached hydrogens (tertiary/aromatic N) is 4. The van der Waals surface area contributed by atoms with E-state index in [0.29, 0.717) is 27.3 Å². The average Bonchev–Trinajstić information content (AvgIpc) is 3.27. The Morgan fingerprint density at radius 3 is 3.08 bits per heavy atom. The largest absolute Gasteiger partial charge is 0.454 e. The third-order valence-electron chi connectivity index (χ3n) is 3.58. The van der Waals surface area contributed by atoms with Crippen LogP contribution in [0.3, 0.4) is 0 Å². The number of fused-ring (bicyclic) bond motifs is 2. The van der Waals surface area contributed by atoms with Gasteiger partial charge in [-0.15, -0.1) is 15.3 Å². The van der Waals surface area contributed by atoms with E-state index in [1.165, 1.54) is 27.6 Å². The lowest BCUT2D eigenvalue weighted by atomic mass is 10.2. The second-order valence-electron chi connectivity index (χ2n) is 5.41. The number of hydrogen-bond acceptors (Lipinski definition) is 9. The zero-order valence-electron chi connectivity index (χ0n) is 13.6. The minimum atomic E-state index is -0.301. The summed E-state index contributed by atoms with van der Waals surface area (Å²) in [7, 11) is 0. The number of hydrogen-bond donors (Lipinski definition) is 1. The lowest BCUT2D eigenvalue weighted by molar-refractivity contribution is -0.118. The molecule has 4 rings (SSSR count). The molecular formula is C15H13N5O4S2. The molecule has 0 saturated heterocycles. The highest BCUT2D eigenvalue weighted by Crippen LogP contribution is 2.32. The van der Waals surface area contributed by atoms with E-state index in [-0.39, 0.29) is 29.7 Å². The van der Waals surface area contributed by atoms with Crippen LogP contribution in [-0.4, -0.2) is 38.3 Å². The number of thioether (sulfide) groups is 1. The Bertz CT molecular complexity index is 1050. The summed E-state index contributed by atoms with van der Waals surface area (Å²) in [5, 5.41) is 14.7. The van der Waals surface area contributed by atoms with Crippen molar-refractivity contribution in [1.29, 1.82) is 0 Å². The first-order valence-corrected chi connectivity index (χ1v) is 9.41. The molecule has 1 aliphatic rings. The van der Waals surface area contributed by atoms with Crippen LogP contribution in [0.1, 0.15) is 11.3 Å². The standard InChI is InChI=1S/C15H13N5O4S2/c1-8-13(22)20-14(18-17-8)26-15(19-20)25-6-12(21)16-5-9-2-3-10-11(4-9)24-7-23-10/h2-4H,5-7H2,1H3,(H,16,21). The first-order valence-electron chi connectivity index (χ1n) is 7.61. The molecule has 1 aromatic carbocycles. The Hall–Kier alpha value is -2.66. The van der Waals surface area contributed by atoms with Gasteiger partial charge in [-0.3, -0.25) is 9.59 Å². The van der Waals surface area contributed by atoms with Gasteiger partial charge in [-0.25, -0.2) is 0 Å². The van der Waals surface area contributed by atoms with Crippen LogP contribution in [0.2, 0.25) is 0 Å². The summed E-state index contributed by atoms with van der Waals surface area (Å²) >= 11 is 2.47. The van der Waals surface area contributed by atoms with Gasteiger partial charge in [0, 0.05) is 6.54 Å². The summed E-state index contributed by atoms with van der Waals surface area (Å²) in [5.74, 6) is 1.44. The van der Waals surface area contributed by atoms with Gasteiger partial charge in [0.05, 0.1) is 5.75 Å². The fraction of sp³-hybridized carbons (Fsp3) is 0.267. The Morgan fingerprint density at radius 1 is 1.35 bits per heavy atom. The van der Waals surface area contributed by atoms with Crippen LogP contribution in [0.15, 0.2) is 27.3 Å². The summed E-state index contributed by atoms with van der Waals surface area (Å²) in [6.45, 7) is 2.19. The highest BCUT2D eigenvalue weighted by molar-refractivity contribution is 8.01. The van der Waals surface area contributed by atoms with Crippen LogP contribution >= 0.6 is 23.1 Å². The SMILES string of the molecule is Cc1nnc2sc(SCC(=O)NCc3ccc4c(c3)OCO4)nn2c1=O. The smallest absolute Gasteiger partial charge is 0.296 e. The Labute approximate surface area is 155 Å². The van der Waals surface area contributed by atoms with Crippen molar-refractivity contribution >= 4 is 34.0 Å². The monoisotopic (exact) mass is 391 g/mol. The molecule has 0 atom stereocenters. The van der Waals surface area contributed by atoms with Gasteiger partial charge in [0.25, 0.3) is 5.56 Å². The molecule has 9 nitrogen and oxygen atoms in total. The van der Waals surface area contributed by atoms with E-state index in [9.17, 15) is 9.59 Å². The first kappa shape index (κ1) is 16.8. The molecule has 0 aliphatic carbocycles. The number of aromatic nitrogens is 4. The van der Waals surface area contributed by atoms with E-state index in [1.807, 2.05) is 18.2 Å². The highest BCUT2D eigenvalue weighted by atomic mass is 32.2. The molecule has 1 amide bonds. The van der Waals surface area contributed by atoms with Gasteiger partial charge in [-0.2, -0.15) is 4.52 Å². The van der Waals surface area contributed by atoms with E-state index in [1.54, 1.807) is 6.92 Å². The van der Waals surface area contributed by atoms with Gasteiger partial charge >= 0.3 is 0 Å². The summed E-state index contributed by atoms with van der Waals surface area (Å²) in [6, 6.07) is 5.54. The molecular weight excluding hydrogens is 378 g/mol. The quantitative estimate of drug-likeness (QED) is 0.642. The second kappa shape index (κ2) is 6.92. The minimum absolute atomic E-state index is 0.137. The van der Waals surface area contributed by atoms with Crippen molar-refractivity contribution in [3.63, 3.8) is 0 Å². The number of benzene rings is 1. The third kappa shape index (κ3) is 3.35.